The van der Waals surface area contributed by atoms with Crippen molar-refractivity contribution in [1.29, 1.82) is 0 Å². The number of aromatic hydroxyl groups is 1. The SMILES string of the molecule is CC(=O)Nc1ccccc1N=C(C)c1c(O)n(C2CCCCC2)c(=O)[nH]c1=O. The third-order valence-corrected chi connectivity index (χ3v) is 4.92. The summed E-state index contributed by atoms with van der Waals surface area (Å²) in [5.41, 5.74) is -0.142. The van der Waals surface area contributed by atoms with Crippen molar-refractivity contribution in [2.75, 3.05) is 5.32 Å². The van der Waals surface area contributed by atoms with Gasteiger partial charge in [-0.1, -0.05) is 31.4 Å². The van der Waals surface area contributed by atoms with Crippen molar-refractivity contribution in [2.24, 2.45) is 4.99 Å². The van der Waals surface area contributed by atoms with Crippen molar-refractivity contribution in [3.05, 3.63) is 50.7 Å². The Bertz CT molecular complexity index is 1030. The number of benzene rings is 1. The third-order valence-electron chi connectivity index (χ3n) is 4.92. The van der Waals surface area contributed by atoms with Crippen LogP contribution < -0.4 is 16.6 Å². The molecule has 1 heterocycles. The molecular weight excluding hydrogens is 360 g/mol. The summed E-state index contributed by atoms with van der Waals surface area (Å²) in [6.45, 7) is 2.98. The summed E-state index contributed by atoms with van der Waals surface area (Å²) in [5, 5.41) is 13.4. The van der Waals surface area contributed by atoms with Crippen molar-refractivity contribution in [1.82, 2.24) is 9.55 Å². The smallest absolute Gasteiger partial charge is 0.331 e. The molecule has 1 aliphatic carbocycles. The van der Waals surface area contributed by atoms with Crippen LogP contribution in [-0.4, -0.2) is 26.3 Å². The van der Waals surface area contributed by atoms with Crippen molar-refractivity contribution in [3.63, 3.8) is 0 Å². The Morgan fingerprint density at radius 1 is 1.18 bits per heavy atom. The van der Waals surface area contributed by atoms with Crippen LogP contribution in [0.2, 0.25) is 0 Å². The normalized spacial score (nSPS) is 15.4. The topological polar surface area (TPSA) is 117 Å². The van der Waals surface area contributed by atoms with Crippen LogP contribution in [0.15, 0.2) is 38.8 Å². The number of hydrogen-bond acceptors (Lipinski definition) is 5. The highest BCUT2D eigenvalue weighted by Crippen LogP contribution is 2.31. The minimum absolute atomic E-state index is 0.0391. The average molecular weight is 384 g/mol. The first-order valence-corrected chi connectivity index (χ1v) is 9.38. The van der Waals surface area contributed by atoms with Gasteiger partial charge in [0.1, 0.15) is 5.56 Å². The maximum Gasteiger partial charge on any atom is 0.331 e. The monoisotopic (exact) mass is 384 g/mol. The fraction of sp³-hybridized carbons (Fsp3) is 0.400. The second kappa shape index (κ2) is 8.24. The van der Waals surface area contributed by atoms with Crippen LogP contribution in [-0.2, 0) is 4.79 Å². The molecule has 3 rings (SSSR count). The molecule has 1 aromatic heterocycles. The lowest BCUT2D eigenvalue weighted by atomic mass is 9.95. The van der Waals surface area contributed by atoms with Gasteiger partial charge in [0, 0.05) is 13.0 Å². The van der Waals surface area contributed by atoms with Gasteiger partial charge in [-0.25, -0.2) is 4.79 Å². The first-order chi connectivity index (χ1) is 13.4. The molecule has 1 amide bonds. The third kappa shape index (κ3) is 4.05. The lowest BCUT2D eigenvalue weighted by Crippen LogP contribution is -2.36. The van der Waals surface area contributed by atoms with Crippen LogP contribution >= 0.6 is 0 Å². The van der Waals surface area contributed by atoms with E-state index in [1.54, 1.807) is 31.2 Å². The molecule has 1 fully saturated rings. The molecule has 8 heteroatoms. The van der Waals surface area contributed by atoms with Crippen LogP contribution in [0.5, 0.6) is 5.88 Å². The van der Waals surface area contributed by atoms with Gasteiger partial charge in [-0.15, -0.1) is 0 Å². The van der Waals surface area contributed by atoms with E-state index < -0.39 is 11.2 Å². The number of aromatic nitrogens is 2. The molecule has 1 aliphatic rings. The number of carbonyl (C=O) groups excluding carboxylic acids is 1. The van der Waals surface area contributed by atoms with E-state index in [0.717, 1.165) is 32.1 Å². The molecular formula is C20H24N4O4. The Hall–Kier alpha value is -3.16. The average Bonchev–Trinajstić information content (AvgIpc) is 2.63. The van der Waals surface area contributed by atoms with Crippen LogP contribution in [0.1, 0.15) is 57.6 Å². The van der Waals surface area contributed by atoms with E-state index in [0.29, 0.717) is 11.4 Å². The molecule has 1 aromatic carbocycles. The van der Waals surface area contributed by atoms with Crippen LogP contribution in [0.3, 0.4) is 0 Å². The molecule has 1 saturated carbocycles. The van der Waals surface area contributed by atoms with Crippen molar-refractivity contribution in [3.8, 4) is 5.88 Å². The molecule has 0 atom stereocenters. The van der Waals surface area contributed by atoms with Gasteiger partial charge in [0.05, 0.1) is 17.1 Å². The van der Waals surface area contributed by atoms with E-state index in [4.69, 9.17) is 0 Å². The zero-order valence-electron chi connectivity index (χ0n) is 16.0. The van der Waals surface area contributed by atoms with Gasteiger partial charge in [0.2, 0.25) is 11.8 Å². The second-order valence-corrected chi connectivity index (χ2v) is 7.02. The minimum atomic E-state index is -0.687. The van der Waals surface area contributed by atoms with Gasteiger partial charge in [0.15, 0.2) is 0 Å². The molecule has 0 spiro atoms. The standard InChI is InChI=1S/C20H24N4O4/c1-12(21-15-10-6-7-11-16(15)22-13(2)25)17-18(26)23-20(28)24(19(17)27)14-8-4-3-5-9-14/h6-7,10-11,14,27H,3-5,8-9H2,1-2H3,(H,22,25)(H,23,26,28). The van der Waals surface area contributed by atoms with Crippen LogP contribution in [0.25, 0.3) is 0 Å². The lowest BCUT2D eigenvalue weighted by Gasteiger charge is -2.25. The van der Waals surface area contributed by atoms with Gasteiger partial charge in [-0.3, -0.25) is 24.1 Å². The predicted octanol–water partition coefficient (Wildman–Crippen LogP) is 2.85. The first-order valence-electron chi connectivity index (χ1n) is 9.38. The number of amides is 1. The quantitative estimate of drug-likeness (QED) is 0.703. The Balaban J connectivity index is 2.09. The number of nitrogens with one attached hydrogen (secondary N) is 2. The van der Waals surface area contributed by atoms with Crippen molar-refractivity contribution in [2.45, 2.75) is 52.0 Å². The van der Waals surface area contributed by atoms with Crippen molar-refractivity contribution >= 4 is 23.0 Å². The van der Waals surface area contributed by atoms with Gasteiger partial charge < -0.3 is 10.4 Å². The van der Waals surface area contributed by atoms with E-state index in [1.807, 2.05) is 0 Å². The van der Waals surface area contributed by atoms with E-state index in [2.05, 4.69) is 15.3 Å². The molecule has 0 aliphatic heterocycles. The largest absolute Gasteiger partial charge is 0.494 e. The summed E-state index contributed by atoms with van der Waals surface area (Å²) < 4.78 is 1.27. The lowest BCUT2D eigenvalue weighted by molar-refractivity contribution is -0.114. The zero-order chi connectivity index (χ0) is 20.3. The number of H-pyrrole nitrogens is 1. The fourth-order valence-corrected chi connectivity index (χ4v) is 3.65. The number of aromatic amines is 1. The molecule has 0 radical (unpaired) electrons. The minimum Gasteiger partial charge on any atom is -0.494 e. The molecule has 3 N–H and O–H groups in total. The summed E-state index contributed by atoms with van der Waals surface area (Å²) in [7, 11) is 0. The summed E-state index contributed by atoms with van der Waals surface area (Å²) in [6.07, 6.45) is 4.61. The number of nitrogens with zero attached hydrogens (tertiary/aromatic N) is 2. The highest BCUT2D eigenvalue weighted by atomic mass is 16.3. The molecule has 0 saturated heterocycles. The Morgan fingerprint density at radius 3 is 2.54 bits per heavy atom. The first kappa shape index (κ1) is 19.6. The molecule has 28 heavy (non-hydrogen) atoms. The number of anilines is 1. The Labute approximate surface area is 162 Å². The van der Waals surface area contributed by atoms with Crippen molar-refractivity contribution < 1.29 is 9.90 Å². The van der Waals surface area contributed by atoms with Gasteiger partial charge >= 0.3 is 5.69 Å². The number of carbonyl (C=O) groups is 1. The van der Waals surface area contributed by atoms with E-state index in [-0.39, 0.29) is 29.1 Å². The Morgan fingerprint density at radius 2 is 1.86 bits per heavy atom. The summed E-state index contributed by atoms with van der Waals surface area (Å²) in [4.78, 5) is 42.9. The number of aliphatic imine (C=N–C) groups is 1. The fourth-order valence-electron chi connectivity index (χ4n) is 3.65. The molecule has 8 nitrogen and oxygen atoms in total. The van der Waals surface area contributed by atoms with Gasteiger partial charge in [-0.05, 0) is 31.9 Å². The maximum absolute atomic E-state index is 12.4. The molecule has 0 bridgehead atoms. The van der Waals surface area contributed by atoms with E-state index in [9.17, 15) is 19.5 Å². The molecule has 148 valence electrons. The summed E-state index contributed by atoms with van der Waals surface area (Å²) in [5.74, 6) is -0.606. The molecule has 0 unspecified atom stereocenters. The van der Waals surface area contributed by atoms with E-state index >= 15 is 0 Å². The summed E-state index contributed by atoms with van der Waals surface area (Å²) in [6, 6.07) is 6.76. The highest BCUT2D eigenvalue weighted by Gasteiger charge is 2.24. The van der Waals surface area contributed by atoms with Crippen LogP contribution in [0.4, 0.5) is 11.4 Å². The van der Waals surface area contributed by atoms with E-state index in [1.165, 1.54) is 11.5 Å². The molecule has 2 aromatic rings. The number of hydrogen-bond donors (Lipinski definition) is 3. The Kier molecular flexibility index (Phi) is 5.77. The predicted molar refractivity (Wildman–Crippen MR) is 108 cm³/mol. The zero-order valence-corrected chi connectivity index (χ0v) is 16.0. The highest BCUT2D eigenvalue weighted by molar-refractivity contribution is 6.03. The van der Waals surface area contributed by atoms with Crippen LogP contribution in [0, 0.1) is 0 Å². The maximum atomic E-state index is 12.4. The number of para-hydroxylation sites is 2. The summed E-state index contributed by atoms with van der Waals surface area (Å²) >= 11 is 0. The second-order valence-electron chi connectivity index (χ2n) is 7.02. The number of rotatable bonds is 4. The van der Waals surface area contributed by atoms with Gasteiger partial charge in [-0.2, -0.15) is 0 Å². The van der Waals surface area contributed by atoms with Gasteiger partial charge in [0.25, 0.3) is 5.56 Å².